The molecule has 0 aliphatic carbocycles. The highest BCUT2D eigenvalue weighted by Crippen LogP contribution is 2.18. The van der Waals surface area contributed by atoms with Crippen molar-refractivity contribution in [3.63, 3.8) is 0 Å². The normalized spacial score (nSPS) is 14.6. The van der Waals surface area contributed by atoms with E-state index in [2.05, 4.69) is 0 Å². The lowest BCUT2D eigenvalue weighted by atomic mass is 10.1. The molecule has 1 fully saturated rings. The Balaban J connectivity index is 1.63. The first-order chi connectivity index (χ1) is 11.7. The van der Waals surface area contributed by atoms with E-state index in [4.69, 9.17) is 4.74 Å². The van der Waals surface area contributed by atoms with Gasteiger partial charge < -0.3 is 14.5 Å². The summed E-state index contributed by atoms with van der Waals surface area (Å²) in [6.07, 6.45) is 0.274. The molecule has 2 aromatic rings. The number of ether oxygens (including phenoxy) is 1. The monoisotopic (exact) mass is 324 g/mol. The molecule has 3 rings (SSSR count). The van der Waals surface area contributed by atoms with Crippen LogP contribution in [0, 0.1) is 0 Å². The molecule has 5 heteroatoms. The van der Waals surface area contributed by atoms with Crippen LogP contribution in [-0.2, 0) is 16.0 Å². The van der Waals surface area contributed by atoms with Gasteiger partial charge in [0.25, 0.3) is 0 Å². The molecule has 0 saturated carbocycles. The lowest BCUT2D eigenvalue weighted by Crippen LogP contribution is -2.52. The number of para-hydroxylation sites is 1. The Morgan fingerprint density at radius 2 is 1.88 bits per heavy atom. The molecule has 0 spiro atoms. The van der Waals surface area contributed by atoms with E-state index in [1.54, 1.807) is 16.9 Å². The predicted molar refractivity (Wildman–Crippen MR) is 92.1 cm³/mol. The molecule has 0 atom stereocenters. The molecule has 0 N–H and O–H groups in total. The molecule has 24 heavy (non-hydrogen) atoms. The fourth-order valence-electron chi connectivity index (χ4n) is 2.84. The van der Waals surface area contributed by atoms with Gasteiger partial charge in [-0.15, -0.1) is 0 Å². The second-order valence-electron chi connectivity index (χ2n) is 5.72. The van der Waals surface area contributed by atoms with Crippen molar-refractivity contribution in [3.8, 4) is 5.75 Å². The number of anilines is 1. The number of carbonyl (C=O) groups is 2. The fraction of sp³-hybridized carbons (Fsp3) is 0.263. The SMILES string of the molecule is COc1cccc(CC(=O)N2CCN(c3ccccc3)C(=O)C2)c1. The smallest absolute Gasteiger partial charge is 0.246 e. The second-order valence-corrected chi connectivity index (χ2v) is 5.72. The number of nitrogens with zero attached hydrogens (tertiary/aromatic N) is 2. The van der Waals surface area contributed by atoms with Gasteiger partial charge >= 0.3 is 0 Å². The summed E-state index contributed by atoms with van der Waals surface area (Å²) in [5, 5.41) is 0. The zero-order chi connectivity index (χ0) is 16.9. The van der Waals surface area contributed by atoms with Gasteiger partial charge in [0.2, 0.25) is 11.8 Å². The van der Waals surface area contributed by atoms with Crippen LogP contribution >= 0.6 is 0 Å². The van der Waals surface area contributed by atoms with Crippen LogP contribution in [0.5, 0.6) is 5.75 Å². The van der Waals surface area contributed by atoms with E-state index in [0.29, 0.717) is 13.1 Å². The maximum atomic E-state index is 12.5. The predicted octanol–water partition coefficient (Wildman–Crippen LogP) is 2.11. The minimum Gasteiger partial charge on any atom is -0.497 e. The Morgan fingerprint density at radius 3 is 2.58 bits per heavy atom. The zero-order valence-corrected chi connectivity index (χ0v) is 13.6. The van der Waals surface area contributed by atoms with Crippen molar-refractivity contribution in [1.82, 2.24) is 4.90 Å². The first-order valence-corrected chi connectivity index (χ1v) is 7.93. The van der Waals surface area contributed by atoms with E-state index in [1.807, 2.05) is 54.6 Å². The molecule has 0 bridgehead atoms. The molecule has 0 radical (unpaired) electrons. The molecule has 0 unspecified atom stereocenters. The van der Waals surface area contributed by atoms with Crippen molar-refractivity contribution in [2.45, 2.75) is 6.42 Å². The van der Waals surface area contributed by atoms with Gasteiger partial charge in [-0.25, -0.2) is 0 Å². The molecule has 2 aromatic carbocycles. The molecule has 1 aliphatic heterocycles. The quantitative estimate of drug-likeness (QED) is 0.865. The summed E-state index contributed by atoms with van der Waals surface area (Å²) in [7, 11) is 1.60. The first-order valence-electron chi connectivity index (χ1n) is 7.93. The summed E-state index contributed by atoms with van der Waals surface area (Å²) < 4.78 is 5.18. The third-order valence-electron chi connectivity index (χ3n) is 4.13. The zero-order valence-electron chi connectivity index (χ0n) is 13.6. The third-order valence-corrected chi connectivity index (χ3v) is 4.13. The van der Waals surface area contributed by atoms with Crippen molar-refractivity contribution >= 4 is 17.5 Å². The van der Waals surface area contributed by atoms with Crippen molar-refractivity contribution < 1.29 is 14.3 Å². The van der Waals surface area contributed by atoms with E-state index in [0.717, 1.165) is 17.0 Å². The number of rotatable bonds is 4. The summed E-state index contributed by atoms with van der Waals surface area (Å²) in [5.41, 5.74) is 1.76. The van der Waals surface area contributed by atoms with Gasteiger partial charge in [-0.1, -0.05) is 30.3 Å². The van der Waals surface area contributed by atoms with Gasteiger partial charge in [-0.05, 0) is 29.8 Å². The maximum Gasteiger partial charge on any atom is 0.246 e. The van der Waals surface area contributed by atoms with Crippen LogP contribution in [0.2, 0.25) is 0 Å². The van der Waals surface area contributed by atoms with Gasteiger partial charge in [0.15, 0.2) is 0 Å². The largest absolute Gasteiger partial charge is 0.497 e. The standard InChI is InChI=1S/C19H20N2O3/c1-24-17-9-5-6-15(12-17)13-18(22)20-10-11-21(19(23)14-20)16-7-3-2-4-8-16/h2-9,12H,10-11,13-14H2,1H3. The first kappa shape index (κ1) is 16.1. The van der Waals surface area contributed by atoms with Crippen molar-refractivity contribution in [2.75, 3.05) is 31.6 Å². The Morgan fingerprint density at radius 1 is 1.08 bits per heavy atom. The molecular weight excluding hydrogens is 304 g/mol. The van der Waals surface area contributed by atoms with Gasteiger partial charge in [0, 0.05) is 18.8 Å². The number of hydrogen-bond donors (Lipinski definition) is 0. The van der Waals surface area contributed by atoms with Crippen LogP contribution in [0.1, 0.15) is 5.56 Å². The van der Waals surface area contributed by atoms with E-state index in [9.17, 15) is 9.59 Å². The van der Waals surface area contributed by atoms with E-state index in [-0.39, 0.29) is 24.8 Å². The Kier molecular flexibility index (Phi) is 4.79. The number of hydrogen-bond acceptors (Lipinski definition) is 3. The fourth-order valence-corrected chi connectivity index (χ4v) is 2.84. The van der Waals surface area contributed by atoms with E-state index in [1.165, 1.54) is 0 Å². The summed E-state index contributed by atoms with van der Waals surface area (Å²) in [4.78, 5) is 28.2. The highest BCUT2D eigenvalue weighted by atomic mass is 16.5. The molecule has 1 aliphatic rings. The van der Waals surface area contributed by atoms with Crippen molar-refractivity contribution in [1.29, 1.82) is 0 Å². The average molecular weight is 324 g/mol. The molecular formula is C19H20N2O3. The van der Waals surface area contributed by atoms with E-state index >= 15 is 0 Å². The summed E-state index contributed by atoms with van der Waals surface area (Å²) in [6, 6.07) is 17.0. The molecule has 1 saturated heterocycles. The van der Waals surface area contributed by atoms with Crippen LogP contribution in [-0.4, -0.2) is 43.5 Å². The van der Waals surface area contributed by atoms with Gasteiger partial charge in [0.1, 0.15) is 12.3 Å². The lowest BCUT2D eigenvalue weighted by Gasteiger charge is -2.34. The van der Waals surface area contributed by atoms with Crippen molar-refractivity contribution in [3.05, 3.63) is 60.2 Å². The highest BCUT2D eigenvalue weighted by Gasteiger charge is 2.27. The molecule has 0 aromatic heterocycles. The lowest BCUT2D eigenvalue weighted by molar-refractivity contribution is -0.136. The summed E-state index contributed by atoms with van der Waals surface area (Å²) in [5.74, 6) is 0.640. The molecule has 2 amide bonds. The number of piperazine rings is 1. The van der Waals surface area contributed by atoms with Gasteiger partial charge in [0.05, 0.1) is 13.5 Å². The van der Waals surface area contributed by atoms with Crippen LogP contribution in [0.25, 0.3) is 0 Å². The topological polar surface area (TPSA) is 49.9 Å². The summed E-state index contributed by atoms with van der Waals surface area (Å²) in [6.45, 7) is 1.19. The third kappa shape index (κ3) is 3.56. The Bertz CT molecular complexity index is 730. The average Bonchev–Trinajstić information content (AvgIpc) is 2.62. The van der Waals surface area contributed by atoms with Crippen LogP contribution in [0.4, 0.5) is 5.69 Å². The highest BCUT2D eigenvalue weighted by molar-refractivity contribution is 5.98. The molecule has 5 nitrogen and oxygen atoms in total. The molecule has 124 valence electrons. The Hall–Kier alpha value is -2.82. The van der Waals surface area contributed by atoms with Crippen LogP contribution < -0.4 is 9.64 Å². The number of amides is 2. The molecule has 1 heterocycles. The van der Waals surface area contributed by atoms with Crippen molar-refractivity contribution in [2.24, 2.45) is 0 Å². The van der Waals surface area contributed by atoms with E-state index < -0.39 is 0 Å². The van der Waals surface area contributed by atoms with Gasteiger partial charge in [-0.2, -0.15) is 0 Å². The minimum atomic E-state index is -0.0496. The minimum absolute atomic E-state index is 0.0377. The Labute approximate surface area is 141 Å². The van der Waals surface area contributed by atoms with Crippen LogP contribution in [0.3, 0.4) is 0 Å². The number of methoxy groups -OCH3 is 1. The van der Waals surface area contributed by atoms with Crippen LogP contribution in [0.15, 0.2) is 54.6 Å². The maximum absolute atomic E-state index is 12.5. The number of carbonyl (C=O) groups excluding carboxylic acids is 2. The second kappa shape index (κ2) is 7.17. The van der Waals surface area contributed by atoms with Gasteiger partial charge in [-0.3, -0.25) is 9.59 Å². The summed E-state index contributed by atoms with van der Waals surface area (Å²) >= 11 is 0. The number of benzene rings is 2.